The fourth-order valence-electron chi connectivity index (χ4n) is 3.39. The van der Waals surface area contributed by atoms with Crippen molar-refractivity contribution in [2.24, 2.45) is 0 Å². The first-order valence-corrected chi connectivity index (χ1v) is 12.0. The number of amides is 1. The van der Waals surface area contributed by atoms with Crippen molar-refractivity contribution in [3.05, 3.63) is 95.8 Å². The van der Waals surface area contributed by atoms with Crippen LogP contribution in [0, 0.1) is 0 Å². The van der Waals surface area contributed by atoms with Crippen LogP contribution >= 0.6 is 0 Å². The van der Waals surface area contributed by atoms with Gasteiger partial charge in [-0.3, -0.25) is 10.2 Å². The highest BCUT2D eigenvalue weighted by Gasteiger charge is 2.17. The van der Waals surface area contributed by atoms with Crippen molar-refractivity contribution in [1.82, 2.24) is 14.4 Å². The minimum Gasteiger partial charge on any atom is -0.267 e. The summed E-state index contributed by atoms with van der Waals surface area (Å²) in [4.78, 5) is 17.1. The smallest absolute Gasteiger partial charge is 0.267 e. The Morgan fingerprint density at radius 2 is 1.61 bits per heavy atom. The summed E-state index contributed by atoms with van der Waals surface area (Å²) in [5, 5.41) is 0. The third-order valence-electron chi connectivity index (χ3n) is 5.39. The molecule has 0 fully saturated rings. The number of carbonyl (C=O) groups is 1. The lowest BCUT2D eigenvalue weighted by molar-refractivity contribution is 0.101. The quantitative estimate of drug-likeness (QED) is 0.449. The lowest BCUT2D eigenvalue weighted by Crippen LogP contribution is -2.24. The number of para-hydroxylation sites is 2. The second-order valence-electron chi connectivity index (χ2n) is 8.84. The van der Waals surface area contributed by atoms with Gasteiger partial charge in [-0.1, -0.05) is 57.2 Å². The molecule has 0 unspecified atom stereocenters. The molecule has 0 saturated carbocycles. The number of imidazole rings is 1. The first-order chi connectivity index (χ1) is 15.6. The summed E-state index contributed by atoms with van der Waals surface area (Å²) in [7, 11) is -3.64. The van der Waals surface area contributed by atoms with Gasteiger partial charge in [-0.25, -0.2) is 22.8 Å². The summed E-state index contributed by atoms with van der Waals surface area (Å²) in [6.45, 7) is 6.36. The average molecular weight is 463 g/mol. The second-order valence-corrected chi connectivity index (χ2v) is 10.6. The molecule has 4 rings (SSSR count). The Balaban J connectivity index is 1.39. The van der Waals surface area contributed by atoms with Crippen LogP contribution in [0.4, 0.5) is 0 Å². The molecule has 1 amide bonds. The van der Waals surface area contributed by atoms with Crippen LogP contribution in [-0.2, 0) is 22.0 Å². The van der Waals surface area contributed by atoms with Crippen molar-refractivity contribution < 1.29 is 13.2 Å². The van der Waals surface area contributed by atoms with E-state index in [1.807, 2.05) is 36.4 Å². The Morgan fingerprint density at radius 3 is 2.27 bits per heavy atom. The van der Waals surface area contributed by atoms with Crippen molar-refractivity contribution in [1.29, 1.82) is 0 Å². The predicted molar refractivity (Wildman–Crippen MR) is 129 cm³/mol. The highest BCUT2D eigenvalue weighted by molar-refractivity contribution is 7.89. The average Bonchev–Trinajstić information content (AvgIpc) is 3.20. The standard InChI is InChI=1S/C25H26N4O3S/c1-25(2,3)20-12-14-21(15-13-20)33(31,32)27-16-18-8-10-19(11-9-18)24(30)28-29-17-26-22-6-4-5-7-23(22)29/h4-15,17,27H,16H2,1-3H3,(H,28,30). The van der Waals surface area contributed by atoms with Crippen molar-refractivity contribution in [3.63, 3.8) is 0 Å². The number of sulfonamides is 1. The van der Waals surface area contributed by atoms with E-state index in [1.54, 1.807) is 47.4 Å². The van der Waals surface area contributed by atoms with Crippen molar-refractivity contribution in [2.75, 3.05) is 5.43 Å². The molecular formula is C25H26N4O3S. The minimum atomic E-state index is -3.64. The number of fused-ring (bicyclic) bond motifs is 1. The van der Waals surface area contributed by atoms with E-state index >= 15 is 0 Å². The Hall–Kier alpha value is -3.49. The van der Waals surface area contributed by atoms with Gasteiger partial charge < -0.3 is 0 Å². The Labute approximate surface area is 193 Å². The maximum absolute atomic E-state index is 12.6. The van der Waals surface area contributed by atoms with Gasteiger partial charge in [0, 0.05) is 12.1 Å². The molecule has 4 aromatic rings. The van der Waals surface area contributed by atoms with E-state index in [0.717, 1.165) is 22.2 Å². The molecule has 0 saturated heterocycles. The summed E-state index contributed by atoms with van der Waals surface area (Å²) >= 11 is 0. The topological polar surface area (TPSA) is 93.1 Å². The van der Waals surface area contributed by atoms with Crippen LogP contribution in [0.15, 0.2) is 84.0 Å². The molecule has 2 N–H and O–H groups in total. The second kappa shape index (κ2) is 8.80. The monoisotopic (exact) mass is 462 g/mol. The zero-order valence-corrected chi connectivity index (χ0v) is 19.6. The van der Waals surface area contributed by atoms with Crippen LogP contribution in [0.1, 0.15) is 42.3 Å². The molecule has 33 heavy (non-hydrogen) atoms. The van der Waals surface area contributed by atoms with E-state index in [1.165, 1.54) is 0 Å². The van der Waals surface area contributed by atoms with Gasteiger partial charge in [0.2, 0.25) is 10.0 Å². The van der Waals surface area contributed by atoms with Crippen LogP contribution in [0.2, 0.25) is 0 Å². The van der Waals surface area contributed by atoms with Crippen LogP contribution in [0.25, 0.3) is 11.0 Å². The number of carbonyl (C=O) groups excluding carboxylic acids is 1. The number of hydrogen-bond acceptors (Lipinski definition) is 4. The molecule has 0 aliphatic heterocycles. The van der Waals surface area contributed by atoms with Crippen LogP contribution in [-0.4, -0.2) is 24.0 Å². The summed E-state index contributed by atoms with van der Waals surface area (Å²) in [5.74, 6) is -0.288. The predicted octanol–water partition coefficient (Wildman–Crippen LogP) is 4.20. The molecule has 170 valence electrons. The van der Waals surface area contributed by atoms with Gasteiger partial charge in [-0.2, -0.15) is 0 Å². The maximum Gasteiger partial charge on any atom is 0.270 e. The lowest BCUT2D eigenvalue weighted by atomic mass is 9.87. The molecule has 1 aromatic heterocycles. The summed E-state index contributed by atoms with van der Waals surface area (Å²) in [5.41, 5.74) is 6.60. The first-order valence-electron chi connectivity index (χ1n) is 10.6. The van der Waals surface area contributed by atoms with Crippen LogP contribution < -0.4 is 10.1 Å². The van der Waals surface area contributed by atoms with E-state index in [9.17, 15) is 13.2 Å². The number of nitrogens with zero attached hydrogens (tertiary/aromatic N) is 2. The fourth-order valence-corrected chi connectivity index (χ4v) is 4.41. The molecule has 8 heteroatoms. The molecule has 1 heterocycles. The molecule has 0 spiro atoms. The minimum absolute atomic E-state index is 0.0469. The lowest BCUT2D eigenvalue weighted by Gasteiger charge is -2.19. The Bertz CT molecular complexity index is 1380. The van der Waals surface area contributed by atoms with Crippen molar-refractivity contribution >= 4 is 27.0 Å². The molecule has 0 aliphatic carbocycles. The summed E-state index contributed by atoms with van der Waals surface area (Å²) in [6.07, 6.45) is 1.56. The maximum atomic E-state index is 12.6. The summed E-state index contributed by atoms with van der Waals surface area (Å²) < 4.78 is 29.5. The van der Waals surface area contributed by atoms with Gasteiger partial charge in [0.1, 0.15) is 6.33 Å². The zero-order valence-electron chi connectivity index (χ0n) is 18.7. The van der Waals surface area contributed by atoms with Crippen LogP contribution in [0.3, 0.4) is 0 Å². The number of rotatable bonds is 6. The van der Waals surface area contributed by atoms with E-state index < -0.39 is 10.0 Å². The Morgan fingerprint density at radius 1 is 0.939 bits per heavy atom. The largest absolute Gasteiger partial charge is 0.270 e. The fraction of sp³-hybridized carbons (Fsp3) is 0.200. The number of aromatic nitrogens is 2. The molecule has 7 nitrogen and oxygen atoms in total. The molecule has 0 atom stereocenters. The number of hydrogen-bond donors (Lipinski definition) is 2. The molecule has 0 radical (unpaired) electrons. The van der Waals surface area contributed by atoms with Crippen molar-refractivity contribution in [2.45, 2.75) is 37.6 Å². The van der Waals surface area contributed by atoms with E-state index in [-0.39, 0.29) is 22.8 Å². The Kier molecular flexibility index (Phi) is 6.05. The van der Waals surface area contributed by atoms with E-state index in [0.29, 0.717) is 5.56 Å². The van der Waals surface area contributed by atoms with Gasteiger partial charge in [-0.05, 0) is 52.9 Å². The van der Waals surface area contributed by atoms with Gasteiger partial charge in [0.15, 0.2) is 0 Å². The number of benzene rings is 3. The van der Waals surface area contributed by atoms with E-state index in [2.05, 4.69) is 35.9 Å². The summed E-state index contributed by atoms with van der Waals surface area (Å²) in [6, 6.07) is 21.2. The highest BCUT2D eigenvalue weighted by atomic mass is 32.2. The zero-order chi connectivity index (χ0) is 23.6. The van der Waals surface area contributed by atoms with Crippen molar-refractivity contribution in [3.8, 4) is 0 Å². The highest BCUT2D eigenvalue weighted by Crippen LogP contribution is 2.23. The van der Waals surface area contributed by atoms with Crippen LogP contribution in [0.5, 0.6) is 0 Å². The SMILES string of the molecule is CC(C)(C)c1ccc(S(=O)(=O)NCc2ccc(C(=O)Nn3cnc4ccccc43)cc2)cc1. The first kappa shape index (κ1) is 22.7. The van der Waals surface area contributed by atoms with Gasteiger partial charge in [0.25, 0.3) is 5.91 Å². The van der Waals surface area contributed by atoms with Gasteiger partial charge in [-0.15, -0.1) is 0 Å². The molecular weight excluding hydrogens is 436 g/mol. The molecule has 3 aromatic carbocycles. The van der Waals surface area contributed by atoms with E-state index in [4.69, 9.17) is 0 Å². The third-order valence-corrected chi connectivity index (χ3v) is 6.81. The van der Waals surface area contributed by atoms with Gasteiger partial charge in [0.05, 0.1) is 15.9 Å². The van der Waals surface area contributed by atoms with Gasteiger partial charge >= 0.3 is 0 Å². The normalized spacial score (nSPS) is 12.1. The third kappa shape index (κ3) is 5.13. The molecule has 0 aliphatic rings. The number of nitrogens with one attached hydrogen (secondary N) is 2. The molecule has 0 bridgehead atoms.